The van der Waals surface area contributed by atoms with Crippen molar-refractivity contribution in [2.45, 2.75) is 12.8 Å². The van der Waals surface area contributed by atoms with Crippen molar-refractivity contribution in [3.8, 4) is 0 Å². The Kier molecular flexibility index (Phi) is 3.43. The number of hydrogen-bond donors (Lipinski definition) is 1. The van der Waals surface area contributed by atoms with E-state index in [1.165, 1.54) is 19.4 Å². The van der Waals surface area contributed by atoms with Crippen molar-refractivity contribution in [1.82, 2.24) is 0 Å². The van der Waals surface area contributed by atoms with Gasteiger partial charge in [-0.15, -0.1) is 0 Å². The van der Waals surface area contributed by atoms with E-state index in [-0.39, 0.29) is 17.0 Å². The fourth-order valence-corrected chi connectivity index (χ4v) is 0.510. The molecule has 1 aliphatic rings. The first-order chi connectivity index (χ1) is 2.50. The van der Waals surface area contributed by atoms with Crippen LogP contribution in [0.4, 0.5) is 0 Å². The zero-order valence-corrected chi connectivity index (χ0v) is 5.16. The van der Waals surface area contributed by atoms with E-state index in [1.54, 1.807) is 0 Å². The van der Waals surface area contributed by atoms with E-state index >= 15 is 0 Å². The summed E-state index contributed by atoms with van der Waals surface area (Å²) in [6.45, 7) is 1.19. The first-order valence-electron chi connectivity index (χ1n) is 2.05. The molecule has 0 aliphatic carbocycles. The van der Waals surface area contributed by atoms with Gasteiger partial charge in [-0.05, 0) is 0 Å². The standard InChI is InChI=1S/C4H7N.BrH/c1-2-4-5-3-1;/h3H,1-2,4H2;1H. The van der Waals surface area contributed by atoms with Gasteiger partial charge in [-0.2, -0.15) is 0 Å². The molecule has 0 radical (unpaired) electrons. The Morgan fingerprint density at radius 2 is 2.33 bits per heavy atom. The highest BCUT2D eigenvalue weighted by Gasteiger charge is 1.93. The van der Waals surface area contributed by atoms with Crippen molar-refractivity contribution in [3.05, 3.63) is 0 Å². The zero-order valence-electron chi connectivity index (χ0n) is 3.58. The predicted octanol–water partition coefficient (Wildman–Crippen LogP) is -4.06. The predicted molar refractivity (Wildman–Crippen MR) is 21.1 cm³/mol. The van der Waals surface area contributed by atoms with Gasteiger partial charge in [-0.3, -0.25) is 4.99 Å². The van der Waals surface area contributed by atoms with Crippen LogP contribution < -0.4 is 22.0 Å². The third-order valence-electron chi connectivity index (χ3n) is 0.814. The quantitative estimate of drug-likeness (QED) is 0.361. The molecule has 0 saturated carbocycles. The molecule has 0 bridgehead atoms. The Balaban J connectivity index is 0.000000250. The first kappa shape index (κ1) is 6.15. The highest BCUT2D eigenvalue weighted by molar-refractivity contribution is 5.50. The monoisotopic (exact) mass is 149 g/mol. The largest absolute Gasteiger partial charge is 1.00 e. The summed E-state index contributed by atoms with van der Waals surface area (Å²) in [6.07, 6.45) is 4.71. The van der Waals surface area contributed by atoms with Crippen molar-refractivity contribution >= 4 is 6.21 Å². The van der Waals surface area contributed by atoms with Crippen molar-refractivity contribution in [3.63, 3.8) is 0 Å². The van der Waals surface area contributed by atoms with Crippen molar-refractivity contribution in [2.24, 2.45) is 0 Å². The summed E-state index contributed by atoms with van der Waals surface area (Å²) in [5, 5.41) is 0. The fourth-order valence-electron chi connectivity index (χ4n) is 0.510. The minimum Gasteiger partial charge on any atom is -1.00 e. The second-order valence-corrected chi connectivity index (χ2v) is 1.30. The molecule has 36 valence electrons. The molecule has 1 N–H and O–H groups in total. The molecule has 2 heteroatoms. The second-order valence-electron chi connectivity index (χ2n) is 1.30. The van der Waals surface area contributed by atoms with E-state index in [9.17, 15) is 0 Å². The van der Waals surface area contributed by atoms with Crippen LogP contribution in [0.1, 0.15) is 12.8 Å². The molecule has 0 amide bonds. The molecule has 0 atom stereocenters. The smallest absolute Gasteiger partial charge is 0.141 e. The van der Waals surface area contributed by atoms with Gasteiger partial charge in [0.1, 0.15) is 12.8 Å². The summed E-state index contributed by atoms with van der Waals surface area (Å²) in [6, 6.07) is 0. The average Bonchev–Trinajstić information content (AvgIpc) is 1.76. The highest BCUT2D eigenvalue weighted by Crippen LogP contribution is 1.77. The Bertz CT molecular complexity index is 45.5. The molecule has 0 fully saturated rings. The lowest BCUT2D eigenvalue weighted by Crippen LogP contribution is -3.00. The topological polar surface area (TPSA) is 14.0 Å². The fraction of sp³-hybridized carbons (Fsp3) is 0.750. The molecule has 0 aromatic heterocycles. The Morgan fingerprint density at radius 1 is 1.50 bits per heavy atom. The van der Waals surface area contributed by atoms with Gasteiger partial charge in [-0.25, -0.2) is 0 Å². The van der Waals surface area contributed by atoms with E-state index in [0.717, 1.165) is 0 Å². The molecule has 0 aromatic rings. The maximum absolute atomic E-state index is 3.10. The molecule has 0 spiro atoms. The Hall–Kier alpha value is 0.150. The minimum absolute atomic E-state index is 0. The van der Waals surface area contributed by atoms with E-state index in [4.69, 9.17) is 0 Å². The summed E-state index contributed by atoms with van der Waals surface area (Å²) in [4.78, 5) is 3.10. The van der Waals surface area contributed by atoms with Crippen LogP contribution in [0.15, 0.2) is 0 Å². The van der Waals surface area contributed by atoms with Gasteiger partial charge >= 0.3 is 0 Å². The van der Waals surface area contributed by atoms with Gasteiger partial charge in [0.25, 0.3) is 0 Å². The molecular weight excluding hydrogens is 142 g/mol. The van der Waals surface area contributed by atoms with Crippen LogP contribution >= 0.6 is 0 Å². The molecule has 0 saturated heterocycles. The van der Waals surface area contributed by atoms with Crippen LogP contribution in [-0.2, 0) is 0 Å². The van der Waals surface area contributed by atoms with Crippen LogP contribution in [0.3, 0.4) is 0 Å². The first-order valence-corrected chi connectivity index (χ1v) is 2.05. The molecule has 6 heavy (non-hydrogen) atoms. The summed E-state index contributed by atoms with van der Waals surface area (Å²) in [5.74, 6) is 0. The van der Waals surface area contributed by atoms with E-state index < -0.39 is 0 Å². The van der Waals surface area contributed by atoms with Crippen LogP contribution in [0.2, 0.25) is 0 Å². The van der Waals surface area contributed by atoms with Gasteiger partial charge in [0.15, 0.2) is 0 Å². The van der Waals surface area contributed by atoms with E-state index in [1.807, 2.05) is 0 Å². The number of rotatable bonds is 0. The van der Waals surface area contributed by atoms with Crippen LogP contribution in [0, 0.1) is 0 Å². The molecule has 1 aliphatic heterocycles. The van der Waals surface area contributed by atoms with Gasteiger partial charge < -0.3 is 17.0 Å². The van der Waals surface area contributed by atoms with Crippen molar-refractivity contribution in [1.29, 1.82) is 0 Å². The Morgan fingerprint density at radius 3 is 2.50 bits per heavy atom. The summed E-state index contributed by atoms with van der Waals surface area (Å²) >= 11 is 0. The maximum Gasteiger partial charge on any atom is 0.141 e. The van der Waals surface area contributed by atoms with Gasteiger partial charge in [0.05, 0.1) is 0 Å². The molecule has 0 aromatic carbocycles. The van der Waals surface area contributed by atoms with Gasteiger partial charge in [-0.1, -0.05) is 0 Å². The number of halogens is 1. The molecule has 1 nitrogen and oxygen atoms in total. The third-order valence-corrected chi connectivity index (χ3v) is 0.814. The number of hydrogen-bond acceptors (Lipinski definition) is 0. The van der Waals surface area contributed by atoms with Gasteiger partial charge in [0, 0.05) is 12.8 Å². The van der Waals surface area contributed by atoms with E-state index in [2.05, 4.69) is 11.2 Å². The summed E-state index contributed by atoms with van der Waals surface area (Å²) < 4.78 is 0. The van der Waals surface area contributed by atoms with Crippen molar-refractivity contribution < 1.29 is 22.0 Å². The molecule has 0 unspecified atom stereocenters. The molecule has 1 heterocycles. The second kappa shape index (κ2) is 3.34. The van der Waals surface area contributed by atoms with Crippen LogP contribution in [0.5, 0.6) is 0 Å². The van der Waals surface area contributed by atoms with Crippen LogP contribution in [0.25, 0.3) is 0 Å². The van der Waals surface area contributed by atoms with Crippen molar-refractivity contribution in [2.75, 3.05) is 6.54 Å². The number of nitrogens with one attached hydrogen (secondary N) is 1. The Labute approximate surface area is 48.2 Å². The summed E-state index contributed by atoms with van der Waals surface area (Å²) in [7, 11) is 0. The summed E-state index contributed by atoms with van der Waals surface area (Å²) in [5.41, 5.74) is 0. The third kappa shape index (κ3) is 1.55. The lowest BCUT2D eigenvalue weighted by molar-refractivity contribution is -0.442. The average molecular weight is 150 g/mol. The minimum atomic E-state index is 0. The van der Waals surface area contributed by atoms with Gasteiger partial charge in [0.2, 0.25) is 0 Å². The van der Waals surface area contributed by atoms with E-state index in [0.29, 0.717) is 0 Å². The maximum atomic E-state index is 3.10. The zero-order chi connectivity index (χ0) is 3.54. The highest BCUT2D eigenvalue weighted by atomic mass is 79.9. The lowest BCUT2D eigenvalue weighted by atomic mass is 10.4. The molecular formula is C4H8BrN. The SMILES string of the molecule is C1=[NH+]CCC1.[Br-]. The normalized spacial score (nSPS) is 17.3. The molecule has 1 rings (SSSR count). The van der Waals surface area contributed by atoms with Crippen LogP contribution in [-0.4, -0.2) is 12.8 Å². The lowest BCUT2D eigenvalue weighted by Gasteiger charge is -1.61.